The van der Waals surface area contributed by atoms with E-state index in [0.717, 1.165) is 0 Å². The van der Waals surface area contributed by atoms with Gasteiger partial charge in [0.15, 0.2) is 0 Å². The third-order valence-electron chi connectivity index (χ3n) is 1.54. The number of hydrogen-bond donors (Lipinski definition) is 2. The standard InChI is InChI=1S/C9H17ClN2O3/c1-2-15-7-3-5-11-8(13)9(14)12-6-4-10/h2-7H2,1H3,(H,11,13)(H,12,14). The van der Waals surface area contributed by atoms with Crippen LogP contribution in [-0.2, 0) is 14.3 Å². The van der Waals surface area contributed by atoms with E-state index in [2.05, 4.69) is 10.6 Å². The van der Waals surface area contributed by atoms with E-state index >= 15 is 0 Å². The fraction of sp³-hybridized carbons (Fsp3) is 0.778. The molecule has 6 heteroatoms. The van der Waals surface area contributed by atoms with Gasteiger partial charge in [-0.2, -0.15) is 0 Å². The summed E-state index contributed by atoms with van der Waals surface area (Å²) < 4.78 is 5.07. The normalized spacial score (nSPS) is 9.73. The average Bonchev–Trinajstić information content (AvgIpc) is 2.25. The van der Waals surface area contributed by atoms with Gasteiger partial charge < -0.3 is 15.4 Å². The fourth-order valence-corrected chi connectivity index (χ4v) is 0.936. The first kappa shape index (κ1) is 14.2. The molecule has 0 aromatic carbocycles. The number of carbonyl (C=O) groups is 2. The van der Waals surface area contributed by atoms with Crippen molar-refractivity contribution in [3.8, 4) is 0 Å². The van der Waals surface area contributed by atoms with Crippen LogP contribution in [-0.4, -0.2) is 44.0 Å². The molecule has 88 valence electrons. The second kappa shape index (κ2) is 9.73. The lowest BCUT2D eigenvalue weighted by molar-refractivity contribution is -0.139. The number of hydrogen-bond acceptors (Lipinski definition) is 3. The molecule has 5 nitrogen and oxygen atoms in total. The Labute approximate surface area is 94.5 Å². The van der Waals surface area contributed by atoms with Crippen LogP contribution in [0.15, 0.2) is 0 Å². The maximum Gasteiger partial charge on any atom is 0.309 e. The van der Waals surface area contributed by atoms with Gasteiger partial charge in [0.2, 0.25) is 0 Å². The highest BCUT2D eigenvalue weighted by Gasteiger charge is 2.10. The molecule has 0 aromatic rings. The van der Waals surface area contributed by atoms with Gasteiger partial charge in [0.05, 0.1) is 0 Å². The van der Waals surface area contributed by atoms with E-state index in [9.17, 15) is 9.59 Å². The minimum absolute atomic E-state index is 0.295. The van der Waals surface area contributed by atoms with Crippen molar-refractivity contribution < 1.29 is 14.3 Å². The first-order valence-corrected chi connectivity index (χ1v) is 5.45. The van der Waals surface area contributed by atoms with E-state index < -0.39 is 11.8 Å². The van der Waals surface area contributed by atoms with Crippen molar-refractivity contribution in [2.45, 2.75) is 13.3 Å². The predicted octanol–water partition coefficient (Wildman–Crippen LogP) is -0.116. The third kappa shape index (κ3) is 8.20. The number of nitrogens with one attached hydrogen (secondary N) is 2. The molecule has 0 saturated heterocycles. The van der Waals surface area contributed by atoms with Crippen LogP contribution >= 0.6 is 11.6 Å². The van der Waals surface area contributed by atoms with Crippen molar-refractivity contribution in [1.82, 2.24) is 10.6 Å². The van der Waals surface area contributed by atoms with Crippen LogP contribution in [0, 0.1) is 0 Å². The van der Waals surface area contributed by atoms with Crippen molar-refractivity contribution in [2.24, 2.45) is 0 Å². The van der Waals surface area contributed by atoms with Crippen molar-refractivity contribution in [3.05, 3.63) is 0 Å². The van der Waals surface area contributed by atoms with Gasteiger partial charge in [0.1, 0.15) is 0 Å². The minimum atomic E-state index is -0.646. The first-order chi connectivity index (χ1) is 7.22. The number of rotatable bonds is 7. The Hall–Kier alpha value is -0.810. The van der Waals surface area contributed by atoms with Crippen LogP contribution in [0.3, 0.4) is 0 Å². The number of carbonyl (C=O) groups excluding carboxylic acids is 2. The third-order valence-corrected chi connectivity index (χ3v) is 1.73. The van der Waals surface area contributed by atoms with Gasteiger partial charge in [-0.3, -0.25) is 9.59 Å². The van der Waals surface area contributed by atoms with Crippen LogP contribution in [0.5, 0.6) is 0 Å². The summed E-state index contributed by atoms with van der Waals surface area (Å²) in [7, 11) is 0. The van der Waals surface area contributed by atoms with E-state index in [4.69, 9.17) is 16.3 Å². The molecule has 0 bridgehead atoms. The molecule has 2 N–H and O–H groups in total. The zero-order chi connectivity index (χ0) is 11.5. The van der Waals surface area contributed by atoms with Gasteiger partial charge in [0.25, 0.3) is 0 Å². The molecule has 0 aliphatic heterocycles. The first-order valence-electron chi connectivity index (χ1n) is 4.92. The van der Waals surface area contributed by atoms with E-state index in [1.807, 2.05) is 6.92 Å². The quantitative estimate of drug-likeness (QED) is 0.368. The summed E-state index contributed by atoms with van der Waals surface area (Å²) in [6.07, 6.45) is 0.697. The molecule has 0 aliphatic carbocycles. The molecular weight excluding hydrogens is 220 g/mol. The van der Waals surface area contributed by atoms with Crippen LogP contribution in [0.4, 0.5) is 0 Å². The Morgan fingerprint density at radius 3 is 2.33 bits per heavy atom. The van der Waals surface area contributed by atoms with Crippen molar-refractivity contribution in [1.29, 1.82) is 0 Å². The van der Waals surface area contributed by atoms with E-state index in [0.29, 0.717) is 38.6 Å². The van der Waals surface area contributed by atoms with Crippen molar-refractivity contribution in [2.75, 3.05) is 32.2 Å². The second-order valence-corrected chi connectivity index (χ2v) is 3.13. The molecule has 0 aromatic heterocycles. The van der Waals surface area contributed by atoms with Crippen LogP contribution < -0.4 is 10.6 Å². The Morgan fingerprint density at radius 2 is 1.80 bits per heavy atom. The smallest absolute Gasteiger partial charge is 0.309 e. The Bertz CT molecular complexity index is 200. The molecule has 2 amide bonds. The molecule has 0 saturated carbocycles. The average molecular weight is 237 g/mol. The van der Waals surface area contributed by atoms with Crippen LogP contribution in [0.2, 0.25) is 0 Å². The summed E-state index contributed by atoms with van der Waals surface area (Å²) in [6, 6.07) is 0. The van der Waals surface area contributed by atoms with Gasteiger partial charge in [-0.1, -0.05) is 0 Å². The Balaban J connectivity index is 3.43. The van der Waals surface area contributed by atoms with Crippen molar-refractivity contribution >= 4 is 23.4 Å². The molecule has 0 rings (SSSR count). The van der Waals surface area contributed by atoms with Gasteiger partial charge in [-0.05, 0) is 13.3 Å². The molecule has 15 heavy (non-hydrogen) atoms. The predicted molar refractivity (Wildman–Crippen MR) is 57.8 cm³/mol. The maximum atomic E-state index is 11.1. The largest absolute Gasteiger partial charge is 0.382 e. The van der Waals surface area contributed by atoms with Gasteiger partial charge >= 0.3 is 11.8 Å². The molecule has 0 unspecified atom stereocenters. The monoisotopic (exact) mass is 236 g/mol. The van der Waals surface area contributed by atoms with Crippen LogP contribution in [0.1, 0.15) is 13.3 Å². The number of amides is 2. The highest BCUT2D eigenvalue weighted by atomic mass is 35.5. The van der Waals surface area contributed by atoms with Crippen molar-refractivity contribution in [3.63, 3.8) is 0 Å². The lowest BCUT2D eigenvalue weighted by atomic mass is 10.4. The van der Waals surface area contributed by atoms with E-state index in [1.54, 1.807) is 0 Å². The summed E-state index contributed by atoms with van der Waals surface area (Å²) >= 11 is 5.35. The summed E-state index contributed by atoms with van der Waals surface area (Å²) in [5, 5.41) is 4.85. The Morgan fingerprint density at radius 1 is 1.20 bits per heavy atom. The summed E-state index contributed by atoms with van der Waals surface area (Å²) in [5.74, 6) is -0.979. The minimum Gasteiger partial charge on any atom is -0.382 e. The fourth-order valence-electron chi connectivity index (χ4n) is 0.842. The lowest BCUT2D eigenvalue weighted by Gasteiger charge is -2.05. The zero-order valence-electron chi connectivity index (χ0n) is 8.85. The second-order valence-electron chi connectivity index (χ2n) is 2.75. The van der Waals surface area contributed by atoms with E-state index in [-0.39, 0.29) is 0 Å². The van der Waals surface area contributed by atoms with E-state index in [1.165, 1.54) is 0 Å². The highest BCUT2D eigenvalue weighted by Crippen LogP contribution is 1.80. The maximum absolute atomic E-state index is 11.1. The molecule has 0 radical (unpaired) electrons. The molecule has 0 fully saturated rings. The summed E-state index contributed by atoms with van der Waals surface area (Å²) in [6.45, 7) is 3.88. The van der Waals surface area contributed by atoms with Crippen LogP contribution in [0.25, 0.3) is 0 Å². The molecule has 0 heterocycles. The molecule has 0 spiro atoms. The summed E-state index contributed by atoms with van der Waals surface area (Å²) in [5.41, 5.74) is 0. The zero-order valence-corrected chi connectivity index (χ0v) is 9.60. The SMILES string of the molecule is CCOCCCNC(=O)C(=O)NCCCl. The van der Waals surface area contributed by atoms with Gasteiger partial charge in [-0.25, -0.2) is 0 Å². The number of ether oxygens (including phenoxy) is 1. The molecule has 0 atom stereocenters. The van der Waals surface area contributed by atoms with Gasteiger partial charge in [0, 0.05) is 32.2 Å². The number of halogens is 1. The molecule has 0 aliphatic rings. The summed E-state index contributed by atoms with van der Waals surface area (Å²) in [4.78, 5) is 22.1. The highest BCUT2D eigenvalue weighted by molar-refractivity contribution is 6.35. The number of alkyl halides is 1. The lowest BCUT2D eigenvalue weighted by Crippen LogP contribution is -2.41. The molecular formula is C9H17ClN2O3. The van der Waals surface area contributed by atoms with Gasteiger partial charge in [-0.15, -0.1) is 11.6 Å². The topological polar surface area (TPSA) is 67.4 Å². The Kier molecular flexibility index (Phi) is 9.21.